The van der Waals surface area contributed by atoms with E-state index in [1.54, 1.807) is 17.9 Å². The van der Waals surface area contributed by atoms with Crippen LogP contribution in [0.3, 0.4) is 0 Å². The van der Waals surface area contributed by atoms with Gasteiger partial charge in [-0.2, -0.15) is 0 Å². The number of carbonyl (C=O) groups excluding carboxylic acids is 2. The van der Waals surface area contributed by atoms with Gasteiger partial charge in [0.15, 0.2) is 0 Å². The fourth-order valence-corrected chi connectivity index (χ4v) is 2.46. The summed E-state index contributed by atoms with van der Waals surface area (Å²) in [5, 5.41) is 2.73. The van der Waals surface area contributed by atoms with E-state index in [2.05, 4.69) is 12.2 Å². The van der Waals surface area contributed by atoms with Crippen molar-refractivity contribution in [2.24, 2.45) is 5.92 Å². The molecule has 2 unspecified atom stereocenters. The van der Waals surface area contributed by atoms with Gasteiger partial charge in [0.25, 0.3) is 0 Å². The number of rotatable bonds is 6. The Hall–Kier alpha value is -2.10. The third kappa shape index (κ3) is 4.45. The summed E-state index contributed by atoms with van der Waals surface area (Å²) in [4.78, 5) is 26.0. The monoisotopic (exact) mass is 300 g/mol. The largest absolute Gasteiger partial charge is 0.341 e. The molecule has 1 aromatic rings. The second kappa shape index (κ2) is 7.25. The number of hydrogen-bond donors (Lipinski definition) is 1. The quantitative estimate of drug-likeness (QED) is 0.821. The van der Waals surface area contributed by atoms with E-state index in [9.17, 15) is 9.59 Å². The first-order valence-electron chi connectivity index (χ1n) is 7.79. The van der Waals surface area contributed by atoms with E-state index in [-0.39, 0.29) is 17.9 Å². The van der Waals surface area contributed by atoms with E-state index in [1.807, 2.05) is 37.4 Å². The lowest BCUT2D eigenvalue weighted by Crippen LogP contribution is -2.48. The van der Waals surface area contributed by atoms with Crippen LogP contribution in [-0.2, 0) is 9.59 Å². The van der Waals surface area contributed by atoms with Crippen molar-refractivity contribution >= 4 is 17.9 Å². The summed E-state index contributed by atoms with van der Waals surface area (Å²) in [5.41, 5.74) is 0.955. The van der Waals surface area contributed by atoms with E-state index >= 15 is 0 Å². The lowest BCUT2D eigenvalue weighted by atomic mass is 10.1. The molecule has 1 fully saturated rings. The maximum absolute atomic E-state index is 12.3. The van der Waals surface area contributed by atoms with Crippen molar-refractivity contribution in [2.45, 2.75) is 38.8 Å². The zero-order chi connectivity index (χ0) is 16.1. The zero-order valence-corrected chi connectivity index (χ0v) is 13.5. The average molecular weight is 300 g/mol. The topological polar surface area (TPSA) is 49.4 Å². The van der Waals surface area contributed by atoms with Crippen LogP contribution in [-0.4, -0.2) is 35.8 Å². The van der Waals surface area contributed by atoms with E-state index in [1.165, 1.54) is 18.9 Å². The summed E-state index contributed by atoms with van der Waals surface area (Å²) in [5.74, 6) is 0.327. The molecular formula is C18H24N2O2. The summed E-state index contributed by atoms with van der Waals surface area (Å²) in [7, 11) is 1.81. The molecule has 22 heavy (non-hydrogen) atoms. The highest BCUT2D eigenvalue weighted by atomic mass is 16.2. The van der Waals surface area contributed by atoms with E-state index in [4.69, 9.17) is 0 Å². The van der Waals surface area contributed by atoms with Crippen LogP contribution in [0.5, 0.6) is 0 Å². The van der Waals surface area contributed by atoms with Gasteiger partial charge in [0.05, 0.1) is 0 Å². The first-order valence-corrected chi connectivity index (χ1v) is 7.79. The Morgan fingerprint density at radius 2 is 1.86 bits per heavy atom. The van der Waals surface area contributed by atoms with Gasteiger partial charge in [0.2, 0.25) is 11.8 Å². The number of likely N-dealkylation sites (N-methyl/N-ethyl adjacent to an activating group) is 1. The van der Waals surface area contributed by atoms with Crippen LogP contribution in [0.25, 0.3) is 6.08 Å². The molecule has 4 nitrogen and oxygen atoms in total. The molecule has 0 spiro atoms. The second-order valence-corrected chi connectivity index (χ2v) is 6.00. The third-order valence-corrected chi connectivity index (χ3v) is 4.22. The van der Waals surface area contributed by atoms with Crippen LogP contribution in [0.4, 0.5) is 0 Å². The van der Waals surface area contributed by atoms with Crippen molar-refractivity contribution in [3.63, 3.8) is 0 Å². The van der Waals surface area contributed by atoms with Gasteiger partial charge in [-0.05, 0) is 44.2 Å². The van der Waals surface area contributed by atoms with Gasteiger partial charge < -0.3 is 10.2 Å². The maximum atomic E-state index is 12.3. The van der Waals surface area contributed by atoms with E-state index < -0.39 is 6.04 Å². The zero-order valence-electron chi connectivity index (χ0n) is 13.5. The number of carbonyl (C=O) groups is 2. The highest BCUT2D eigenvalue weighted by Crippen LogP contribution is 2.34. The number of nitrogens with one attached hydrogen (secondary N) is 1. The Labute approximate surface area is 132 Å². The van der Waals surface area contributed by atoms with Crippen LogP contribution in [0.2, 0.25) is 0 Å². The van der Waals surface area contributed by atoms with Crippen molar-refractivity contribution in [3.8, 4) is 0 Å². The van der Waals surface area contributed by atoms with Crippen molar-refractivity contribution in [1.29, 1.82) is 0 Å². The Morgan fingerprint density at radius 1 is 1.23 bits per heavy atom. The molecule has 1 aromatic carbocycles. The third-order valence-electron chi connectivity index (χ3n) is 4.22. The molecule has 0 bridgehead atoms. The molecule has 2 rings (SSSR count). The van der Waals surface area contributed by atoms with Crippen molar-refractivity contribution in [1.82, 2.24) is 10.2 Å². The van der Waals surface area contributed by atoms with Crippen LogP contribution in [0.1, 0.15) is 32.3 Å². The van der Waals surface area contributed by atoms with Crippen LogP contribution in [0.15, 0.2) is 36.4 Å². The molecule has 1 aliphatic carbocycles. The molecule has 0 saturated heterocycles. The predicted octanol–water partition coefficient (Wildman–Crippen LogP) is 2.46. The fraction of sp³-hybridized carbons (Fsp3) is 0.444. The molecular weight excluding hydrogens is 276 g/mol. The molecule has 4 heteroatoms. The Bertz CT molecular complexity index is 549. The Morgan fingerprint density at radius 3 is 2.45 bits per heavy atom. The van der Waals surface area contributed by atoms with Gasteiger partial charge in [-0.25, -0.2) is 0 Å². The summed E-state index contributed by atoms with van der Waals surface area (Å²) in [6, 6.07) is 9.32. The normalized spacial score (nSPS) is 17.0. The minimum Gasteiger partial charge on any atom is -0.341 e. The maximum Gasteiger partial charge on any atom is 0.244 e. The van der Waals surface area contributed by atoms with E-state index in [0.717, 1.165) is 5.56 Å². The highest BCUT2D eigenvalue weighted by molar-refractivity contribution is 5.95. The first-order chi connectivity index (χ1) is 10.5. The Balaban J connectivity index is 1.85. The molecule has 1 aliphatic rings. The van der Waals surface area contributed by atoms with E-state index in [0.29, 0.717) is 5.92 Å². The molecule has 2 amide bonds. The molecule has 118 valence electrons. The van der Waals surface area contributed by atoms with Gasteiger partial charge in [-0.1, -0.05) is 30.3 Å². The van der Waals surface area contributed by atoms with Crippen LogP contribution in [0, 0.1) is 5.92 Å². The first kappa shape index (κ1) is 16.3. The standard InChI is InChI=1S/C18H24N2O2/c1-13(18(22)20(3)14(2)16-10-11-16)19-17(21)12-9-15-7-5-4-6-8-15/h4-9,12-14,16H,10-11H2,1-3H3,(H,19,21)/b12-9+. The average Bonchev–Trinajstić information content (AvgIpc) is 3.36. The number of hydrogen-bond acceptors (Lipinski definition) is 2. The Kier molecular flexibility index (Phi) is 5.36. The number of benzene rings is 1. The van der Waals surface area contributed by atoms with Crippen LogP contribution < -0.4 is 5.32 Å². The highest BCUT2D eigenvalue weighted by Gasteiger charge is 2.33. The molecule has 0 heterocycles. The van der Waals surface area contributed by atoms with Gasteiger partial charge in [0, 0.05) is 19.2 Å². The predicted molar refractivity (Wildman–Crippen MR) is 88.0 cm³/mol. The van der Waals surface area contributed by atoms with Gasteiger partial charge in [-0.3, -0.25) is 9.59 Å². The second-order valence-electron chi connectivity index (χ2n) is 6.00. The van der Waals surface area contributed by atoms with Crippen molar-refractivity contribution in [3.05, 3.63) is 42.0 Å². The molecule has 2 atom stereocenters. The fourth-order valence-electron chi connectivity index (χ4n) is 2.46. The van der Waals surface area contributed by atoms with Gasteiger partial charge in [-0.15, -0.1) is 0 Å². The van der Waals surface area contributed by atoms with Gasteiger partial charge in [0.1, 0.15) is 6.04 Å². The lowest BCUT2D eigenvalue weighted by Gasteiger charge is -2.27. The summed E-state index contributed by atoms with van der Waals surface area (Å²) < 4.78 is 0. The molecule has 1 N–H and O–H groups in total. The minimum atomic E-state index is -0.515. The molecule has 1 saturated carbocycles. The SMILES string of the molecule is CC(NC(=O)/C=C/c1ccccc1)C(=O)N(C)C(C)C1CC1. The molecule has 0 aliphatic heterocycles. The minimum absolute atomic E-state index is 0.0409. The summed E-state index contributed by atoms with van der Waals surface area (Å²) in [6.07, 6.45) is 5.59. The van der Waals surface area contributed by atoms with Crippen LogP contribution >= 0.6 is 0 Å². The molecule has 0 radical (unpaired) electrons. The lowest BCUT2D eigenvalue weighted by molar-refractivity contribution is -0.135. The van der Waals surface area contributed by atoms with Crippen molar-refractivity contribution < 1.29 is 9.59 Å². The number of amides is 2. The van der Waals surface area contributed by atoms with Crippen molar-refractivity contribution in [2.75, 3.05) is 7.05 Å². The van der Waals surface area contributed by atoms with Gasteiger partial charge >= 0.3 is 0 Å². The smallest absolute Gasteiger partial charge is 0.244 e. The number of nitrogens with zero attached hydrogens (tertiary/aromatic N) is 1. The molecule has 0 aromatic heterocycles. The summed E-state index contributed by atoms with van der Waals surface area (Å²) >= 11 is 0. The summed E-state index contributed by atoms with van der Waals surface area (Å²) in [6.45, 7) is 3.80.